The minimum Gasteiger partial charge on any atom is -0.312 e. The van der Waals surface area contributed by atoms with Gasteiger partial charge in [-0.05, 0) is 6.92 Å². The molecule has 1 saturated heterocycles. The molecule has 2 heterocycles. The lowest BCUT2D eigenvalue weighted by atomic mass is 9.98. The smallest absolute Gasteiger partial charge is 0.0981 e. The van der Waals surface area contributed by atoms with Crippen LogP contribution in [0.3, 0.4) is 0 Å². The second-order valence-corrected chi connectivity index (χ2v) is 7.09. The molecule has 18 heavy (non-hydrogen) atoms. The molecule has 104 valence electrons. The molecule has 1 aromatic rings. The number of thiazole rings is 1. The van der Waals surface area contributed by atoms with Crippen LogP contribution in [0, 0.1) is 0 Å². The molecule has 1 N–H and O–H groups in total. The van der Waals surface area contributed by atoms with Crippen LogP contribution < -0.4 is 5.32 Å². The van der Waals surface area contributed by atoms with Crippen molar-refractivity contribution >= 4 is 23.7 Å². The van der Waals surface area contributed by atoms with E-state index in [0.717, 1.165) is 26.2 Å². The molecule has 2 rings (SSSR count). The Morgan fingerprint density at radius 1 is 1.50 bits per heavy atom. The quantitative estimate of drug-likeness (QED) is 0.907. The molecular weight excluding hydrogens is 266 g/mol. The Hall–Kier alpha value is -0.160. The maximum absolute atomic E-state index is 4.55. The third-order valence-electron chi connectivity index (χ3n) is 3.03. The molecule has 0 aliphatic carbocycles. The molecular formula is C13H24ClN3S. The Balaban J connectivity index is 0.00000162. The van der Waals surface area contributed by atoms with Crippen LogP contribution in [0.1, 0.15) is 37.6 Å². The summed E-state index contributed by atoms with van der Waals surface area (Å²) < 4.78 is 0. The minimum atomic E-state index is 0. The summed E-state index contributed by atoms with van der Waals surface area (Å²) in [5.41, 5.74) is 0.180. The fourth-order valence-corrected chi connectivity index (χ4v) is 3.12. The molecule has 0 amide bonds. The Bertz CT molecular complexity index is 373. The van der Waals surface area contributed by atoms with E-state index in [1.54, 1.807) is 0 Å². The van der Waals surface area contributed by atoms with Gasteiger partial charge in [0.2, 0.25) is 0 Å². The van der Waals surface area contributed by atoms with E-state index < -0.39 is 0 Å². The lowest BCUT2D eigenvalue weighted by molar-refractivity contribution is 0.201. The van der Waals surface area contributed by atoms with E-state index in [4.69, 9.17) is 0 Å². The fourth-order valence-electron chi connectivity index (χ4n) is 2.10. The lowest BCUT2D eigenvalue weighted by Gasteiger charge is -2.31. The molecule has 1 aliphatic heterocycles. The van der Waals surface area contributed by atoms with Gasteiger partial charge in [-0.1, -0.05) is 20.8 Å². The molecule has 0 saturated carbocycles. The summed E-state index contributed by atoms with van der Waals surface area (Å²) in [6.07, 6.45) is 2.05. The lowest BCUT2D eigenvalue weighted by Crippen LogP contribution is -2.48. The van der Waals surface area contributed by atoms with Crippen LogP contribution in [-0.4, -0.2) is 35.6 Å². The molecule has 1 fully saturated rings. The summed E-state index contributed by atoms with van der Waals surface area (Å²) in [7, 11) is 0. The molecule has 0 unspecified atom stereocenters. The first-order valence-corrected chi connectivity index (χ1v) is 7.18. The van der Waals surface area contributed by atoms with Gasteiger partial charge >= 0.3 is 0 Å². The number of aromatic nitrogens is 1. The highest BCUT2D eigenvalue weighted by Gasteiger charge is 2.20. The second-order valence-electron chi connectivity index (χ2n) is 5.97. The highest BCUT2D eigenvalue weighted by molar-refractivity contribution is 7.11. The molecule has 0 radical (unpaired) electrons. The summed E-state index contributed by atoms with van der Waals surface area (Å²) >= 11 is 1.86. The van der Waals surface area contributed by atoms with Gasteiger partial charge in [-0.3, -0.25) is 4.90 Å². The zero-order valence-corrected chi connectivity index (χ0v) is 13.3. The van der Waals surface area contributed by atoms with Crippen LogP contribution in [0.5, 0.6) is 0 Å². The van der Waals surface area contributed by atoms with Gasteiger partial charge in [0.25, 0.3) is 0 Å². The van der Waals surface area contributed by atoms with Crippen molar-refractivity contribution < 1.29 is 0 Å². The number of hydrogen-bond acceptors (Lipinski definition) is 4. The van der Waals surface area contributed by atoms with Crippen molar-refractivity contribution in [2.45, 2.75) is 45.7 Å². The summed E-state index contributed by atoms with van der Waals surface area (Å²) in [6, 6.07) is 0.610. The second kappa shape index (κ2) is 6.33. The van der Waals surface area contributed by atoms with Gasteiger partial charge in [-0.2, -0.15) is 0 Å². The monoisotopic (exact) mass is 289 g/mol. The van der Waals surface area contributed by atoms with E-state index in [-0.39, 0.29) is 17.8 Å². The first-order valence-electron chi connectivity index (χ1n) is 6.36. The molecule has 0 bridgehead atoms. The molecule has 0 aromatic carbocycles. The van der Waals surface area contributed by atoms with Gasteiger partial charge in [0.05, 0.1) is 5.01 Å². The highest BCUT2D eigenvalue weighted by atomic mass is 35.5. The molecule has 1 aromatic heterocycles. The Labute approximate surface area is 120 Å². The van der Waals surface area contributed by atoms with Gasteiger partial charge in [0.1, 0.15) is 0 Å². The Morgan fingerprint density at radius 2 is 2.22 bits per heavy atom. The van der Waals surface area contributed by atoms with E-state index in [2.05, 4.69) is 49.1 Å². The van der Waals surface area contributed by atoms with Gasteiger partial charge in [0.15, 0.2) is 0 Å². The highest BCUT2D eigenvalue weighted by Crippen LogP contribution is 2.27. The zero-order valence-electron chi connectivity index (χ0n) is 11.7. The van der Waals surface area contributed by atoms with E-state index >= 15 is 0 Å². The van der Waals surface area contributed by atoms with Crippen LogP contribution in [0.2, 0.25) is 0 Å². The van der Waals surface area contributed by atoms with Crippen LogP contribution in [0.25, 0.3) is 0 Å². The van der Waals surface area contributed by atoms with Crippen LogP contribution in [0.4, 0.5) is 0 Å². The van der Waals surface area contributed by atoms with Crippen molar-refractivity contribution in [2.24, 2.45) is 0 Å². The number of halogens is 1. The third-order valence-corrected chi connectivity index (χ3v) is 4.44. The number of rotatable bonds is 2. The van der Waals surface area contributed by atoms with E-state index in [1.165, 1.54) is 9.88 Å². The third kappa shape index (κ3) is 4.19. The minimum absolute atomic E-state index is 0. The van der Waals surface area contributed by atoms with E-state index in [0.29, 0.717) is 6.04 Å². The zero-order chi connectivity index (χ0) is 12.5. The SMILES string of the molecule is C[C@H]1CN(Cc2cnc(C(C)(C)C)s2)CCN1.Cl. The summed E-state index contributed by atoms with van der Waals surface area (Å²) in [4.78, 5) is 8.46. The van der Waals surface area contributed by atoms with Crippen molar-refractivity contribution in [3.8, 4) is 0 Å². The maximum atomic E-state index is 4.55. The topological polar surface area (TPSA) is 28.2 Å². The van der Waals surface area contributed by atoms with Crippen LogP contribution in [0.15, 0.2) is 6.20 Å². The normalized spacial score (nSPS) is 21.7. The maximum Gasteiger partial charge on any atom is 0.0981 e. The van der Waals surface area contributed by atoms with Crippen molar-refractivity contribution in [3.05, 3.63) is 16.1 Å². The standard InChI is InChI=1S/C13H23N3S.ClH/c1-10-8-16(6-5-14-10)9-11-7-15-12(17-11)13(2,3)4;/h7,10,14H,5-6,8-9H2,1-4H3;1H/t10-;/m0./s1. The summed E-state index contributed by atoms with van der Waals surface area (Å²) in [5.74, 6) is 0. The number of hydrogen-bond donors (Lipinski definition) is 1. The van der Waals surface area contributed by atoms with Crippen LogP contribution in [-0.2, 0) is 12.0 Å². The molecule has 5 heteroatoms. The van der Waals surface area contributed by atoms with Crippen molar-refractivity contribution in [3.63, 3.8) is 0 Å². The summed E-state index contributed by atoms with van der Waals surface area (Å²) in [6.45, 7) is 13.4. The van der Waals surface area contributed by atoms with Gasteiger partial charge in [-0.15, -0.1) is 23.7 Å². The van der Waals surface area contributed by atoms with Crippen LogP contribution >= 0.6 is 23.7 Å². The number of piperazine rings is 1. The molecule has 0 spiro atoms. The Morgan fingerprint density at radius 3 is 2.78 bits per heavy atom. The first kappa shape index (κ1) is 15.9. The van der Waals surface area contributed by atoms with Gasteiger partial charge in [-0.25, -0.2) is 4.98 Å². The van der Waals surface area contributed by atoms with Crippen molar-refractivity contribution in [1.29, 1.82) is 0 Å². The van der Waals surface area contributed by atoms with E-state index in [9.17, 15) is 0 Å². The van der Waals surface area contributed by atoms with Crippen molar-refractivity contribution in [2.75, 3.05) is 19.6 Å². The fraction of sp³-hybridized carbons (Fsp3) is 0.769. The summed E-state index contributed by atoms with van der Waals surface area (Å²) in [5, 5.41) is 4.72. The number of nitrogens with one attached hydrogen (secondary N) is 1. The van der Waals surface area contributed by atoms with Gasteiger partial charge in [0, 0.05) is 48.7 Å². The molecule has 3 nitrogen and oxygen atoms in total. The predicted octanol–water partition coefficient (Wildman–Crippen LogP) is 2.66. The first-order chi connectivity index (χ1) is 7.95. The average Bonchev–Trinajstić information content (AvgIpc) is 2.65. The average molecular weight is 290 g/mol. The number of nitrogens with zero attached hydrogens (tertiary/aromatic N) is 2. The molecule has 1 aliphatic rings. The van der Waals surface area contributed by atoms with Gasteiger partial charge < -0.3 is 5.32 Å². The Kier molecular flexibility index (Phi) is 5.59. The largest absolute Gasteiger partial charge is 0.312 e. The molecule has 1 atom stereocenters. The van der Waals surface area contributed by atoms with Crippen molar-refractivity contribution in [1.82, 2.24) is 15.2 Å². The predicted molar refractivity (Wildman–Crippen MR) is 80.8 cm³/mol. The van der Waals surface area contributed by atoms with E-state index in [1.807, 2.05) is 11.3 Å².